The Hall–Kier alpha value is -4.65. The first-order valence-corrected chi connectivity index (χ1v) is 14.6. The van der Waals surface area contributed by atoms with Gasteiger partial charge in [-0.1, -0.05) is 42.2 Å². The first kappa shape index (κ1) is 28.5. The van der Waals surface area contributed by atoms with E-state index in [1.54, 1.807) is 17.0 Å². The van der Waals surface area contributed by atoms with Crippen LogP contribution in [-0.2, 0) is 6.54 Å². The number of amides is 1. The Morgan fingerprint density at radius 3 is 2.56 bits per heavy atom. The highest BCUT2D eigenvalue weighted by Gasteiger charge is 2.34. The van der Waals surface area contributed by atoms with Crippen molar-refractivity contribution in [2.45, 2.75) is 31.8 Å². The molecule has 216 valence electrons. The number of halogens is 2. The van der Waals surface area contributed by atoms with Crippen molar-refractivity contribution in [2.24, 2.45) is 5.92 Å². The van der Waals surface area contributed by atoms with Crippen molar-refractivity contribution in [3.63, 3.8) is 0 Å². The fourth-order valence-electron chi connectivity index (χ4n) is 5.82. The second-order valence-electron chi connectivity index (χ2n) is 11.3. The maximum Gasteiger partial charge on any atom is 0.255 e. The van der Waals surface area contributed by atoms with E-state index in [-0.39, 0.29) is 17.9 Å². The van der Waals surface area contributed by atoms with E-state index in [9.17, 15) is 13.6 Å². The molecule has 2 heterocycles. The van der Waals surface area contributed by atoms with Gasteiger partial charge in [0.05, 0.1) is 12.6 Å². The Morgan fingerprint density at radius 1 is 0.930 bits per heavy atom. The average molecular weight is 575 g/mol. The van der Waals surface area contributed by atoms with E-state index in [4.69, 9.17) is 4.74 Å². The van der Waals surface area contributed by atoms with E-state index < -0.39 is 17.7 Å². The zero-order valence-electron chi connectivity index (χ0n) is 24.1. The fourth-order valence-corrected chi connectivity index (χ4v) is 5.82. The zero-order chi connectivity index (χ0) is 29.8. The van der Waals surface area contributed by atoms with Gasteiger partial charge in [-0.15, -0.1) is 0 Å². The summed E-state index contributed by atoms with van der Waals surface area (Å²) in [5.74, 6) is 11.9. The first-order valence-electron chi connectivity index (χ1n) is 14.6. The molecule has 6 rings (SSSR count). The van der Waals surface area contributed by atoms with Crippen LogP contribution >= 0.6 is 0 Å². The number of ether oxygens (including phenoxy) is 1. The number of hydrogen-bond acceptors (Lipinski definition) is 3. The molecule has 4 aromatic carbocycles. The van der Waals surface area contributed by atoms with Crippen LogP contribution in [0.2, 0.25) is 0 Å². The number of benzene rings is 4. The highest BCUT2D eigenvalue weighted by molar-refractivity contribution is 5.98. The largest absolute Gasteiger partial charge is 0.493 e. The lowest BCUT2D eigenvalue weighted by atomic mass is 9.98. The van der Waals surface area contributed by atoms with E-state index >= 15 is 0 Å². The second kappa shape index (κ2) is 12.7. The van der Waals surface area contributed by atoms with Crippen LogP contribution in [0.25, 0.3) is 10.8 Å². The van der Waals surface area contributed by atoms with E-state index in [0.717, 1.165) is 65.5 Å². The standard InChI is InChI=1S/C37H32F2N2O2/c1-40-19-17-27(18-20-40)25-43-32-15-13-28-21-26(11-12-29(28)22-32)7-3-2-4-10-36(34-23-31(38)14-16-35(34)39)41-24-30-8-5-6-9-33(30)37(41)42/h5-6,8-9,11-16,21-23,27,36H,10,17-20,24-25H2,1H3. The molecule has 1 saturated heterocycles. The number of rotatable bonds is 6. The molecule has 0 N–H and O–H groups in total. The van der Waals surface area contributed by atoms with Crippen molar-refractivity contribution in [1.82, 2.24) is 9.80 Å². The van der Waals surface area contributed by atoms with Gasteiger partial charge in [0.25, 0.3) is 5.91 Å². The van der Waals surface area contributed by atoms with Crippen molar-refractivity contribution in [1.29, 1.82) is 0 Å². The van der Waals surface area contributed by atoms with Gasteiger partial charge in [-0.3, -0.25) is 4.79 Å². The number of hydrogen-bond donors (Lipinski definition) is 0. The van der Waals surface area contributed by atoms with Crippen LogP contribution in [0.4, 0.5) is 8.78 Å². The number of carbonyl (C=O) groups is 1. The van der Waals surface area contributed by atoms with Crippen LogP contribution in [-0.4, -0.2) is 42.5 Å². The number of likely N-dealkylation sites (tertiary alicyclic amines) is 1. The smallest absolute Gasteiger partial charge is 0.255 e. The molecule has 0 radical (unpaired) electrons. The summed E-state index contributed by atoms with van der Waals surface area (Å²) >= 11 is 0. The Balaban J connectivity index is 1.14. The summed E-state index contributed by atoms with van der Waals surface area (Å²) in [4.78, 5) is 17.1. The highest BCUT2D eigenvalue weighted by atomic mass is 19.1. The zero-order valence-corrected chi connectivity index (χ0v) is 24.1. The molecule has 43 heavy (non-hydrogen) atoms. The molecule has 2 aliphatic heterocycles. The third-order valence-corrected chi connectivity index (χ3v) is 8.33. The van der Waals surface area contributed by atoms with Crippen molar-refractivity contribution in [2.75, 3.05) is 26.7 Å². The minimum absolute atomic E-state index is 0.104. The monoisotopic (exact) mass is 574 g/mol. The molecule has 0 aromatic heterocycles. The van der Waals surface area contributed by atoms with Crippen molar-refractivity contribution in [3.05, 3.63) is 113 Å². The van der Waals surface area contributed by atoms with Gasteiger partial charge in [-0.25, -0.2) is 8.78 Å². The van der Waals surface area contributed by atoms with E-state index in [2.05, 4.69) is 41.7 Å². The molecule has 0 saturated carbocycles. The van der Waals surface area contributed by atoms with Gasteiger partial charge in [-0.05, 0) is 116 Å². The molecular formula is C37H32F2N2O2. The summed E-state index contributed by atoms with van der Waals surface area (Å²) < 4.78 is 35.0. The van der Waals surface area contributed by atoms with E-state index in [1.807, 2.05) is 42.5 Å². The molecule has 2 aliphatic rings. The maximum atomic E-state index is 14.8. The Morgan fingerprint density at radius 2 is 1.72 bits per heavy atom. The molecule has 1 amide bonds. The topological polar surface area (TPSA) is 32.8 Å². The molecule has 1 atom stereocenters. The molecule has 0 spiro atoms. The third-order valence-electron chi connectivity index (χ3n) is 8.33. The SMILES string of the molecule is CN1CCC(COc2ccc3cc(C#CC#CCC(c4cc(F)ccc4F)N4Cc5ccccc5C4=O)ccc3c2)CC1. The van der Waals surface area contributed by atoms with Crippen molar-refractivity contribution in [3.8, 4) is 29.4 Å². The van der Waals surface area contributed by atoms with Gasteiger partial charge in [-0.2, -0.15) is 0 Å². The van der Waals surface area contributed by atoms with Gasteiger partial charge in [0.15, 0.2) is 0 Å². The van der Waals surface area contributed by atoms with Gasteiger partial charge < -0.3 is 14.5 Å². The second-order valence-corrected chi connectivity index (χ2v) is 11.3. The minimum Gasteiger partial charge on any atom is -0.493 e. The Bertz CT molecular complexity index is 1790. The van der Waals surface area contributed by atoms with Gasteiger partial charge in [0.1, 0.15) is 17.4 Å². The summed E-state index contributed by atoms with van der Waals surface area (Å²) in [5.41, 5.74) is 2.35. The predicted molar refractivity (Wildman–Crippen MR) is 164 cm³/mol. The molecule has 1 fully saturated rings. The summed E-state index contributed by atoms with van der Waals surface area (Å²) in [5, 5.41) is 2.13. The number of carbonyl (C=O) groups excluding carboxylic acids is 1. The van der Waals surface area contributed by atoms with Crippen LogP contribution in [0.15, 0.2) is 78.9 Å². The van der Waals surface area contributed by atoms with E-state index in [1.165, 1.54) is 12.8 Å². The molecule has 6 heteroatoms. The number of piperidine rings is 1. The molecule has 4 nitrogen and oxygen atoms in total. The Kier molecular flexibility index (Phi) is 8.40. The summed E-state index contributed by atoms with van der Waals surface area (Å²) in [6, 6.07) is 21.9. The number of fused-ring (bicyclic) bond motifs is 2. The molecule has 0 bridgehead atoms. The predicted octanol–water partition coefficient (Wildman–Crippen LogP) is 6.98. The average Bonchev–Trinajstić information content (AvgIpc) is 3.35. The van der Waals surface area contributed by atoms with Gasteiger partial charge >= 0.3 is 0 Å². The summed E-state index contributed by atoms with van der Waals surface area (Å²) in [6.07, 6.45) is 2.46. The maximum absolute atomic E-state index is 14.8. The molecular weight excluding hydrogens is 542 g/mol. The van der Waals surface area contributed by atoms with Crippen molar-refractivity contribution < 1.29 is 18.3 Å². The summed E-state index contributed by atoms with van der Waals surface area (Å²) in [6.45, 7) is 3.30. The quantitative estimate of drug-likeness (QED) is 0.233. The highest BCUT2D eigenvalue weighted by Crippen LogP contribution is 2.34. The third kappa shape index (κ3) is 6.56. The van der Waals surface area contributed by atoms with Gasteiger partial charge in [0.2, 0.25) is 0 Å². The number of nitrogens with zero attached hydrogens (tertiary/aromatic N) is 2. The molecule has 1 unspecified atom stereocenters. The van der Waals surface area contributed by atoms with Crippen LogP contribution < -0.4 is 4.74 Å². The van der Waals surface area contributed by atoms with Crippen LogP contribution in [0.1, 0.15) is 52.4 Å². The Labute approximate surface area is 251 Å². The summed E-state index contributed by atoms with van der Waals surface area (Å²) in [7, 11) is 2.16. The lowest BCUT2D eigenvalue weighted by Gasteiger charge is -2.28. The normalized spacial score (nSPS) is 15.8. The minimum atomic E-state index is -0.749. The fraction of sp³-hybridized carbons (Fsp3) is 0.270. The van der Waals surface area contributed by atoms with Crippen LogP contribution in [0, 0.1) is 41.2 Å². The van der Waals surface area contributed by atoms with Crippen molar-refractivity contribution >= 4 is 16.7 Å². The van der Waals surface area contributed by atoms with Crippen LogP contribution in [0.3, 0.4) is 0 Å². The molecule has 0 aliphatic carbocycles. The lowest BCUT2D eigenvalue weighted by Crippen LogP contribution is -2.32. The molecule has 4 aromatic rings. The first-order chi connectivity index (χ1) is 20.9. The van der Waals surface area contributed by atoms with E-state index in [0.29, 0.717) is 18.0 Å². The van der Waals surface area contributed by atoms with Gasteiger partial charge in [0, 0.05) is 29.7 Å². The van der Waals surface area contributed by atoms with Crippen LogP contribution in [0.5, 0.6) is 5.75 Å². The lowest BCUT2D eigenvalue weighted by molar-refractivity contribution is 0.0701.